The van der Waals surface area contributed by atoms with Crippen molar-refractivity contribution in [1.29, 1.82) is 0 Å². The molecule has 5 aromatic rings. The predicted molar refractivity (Wildman–Crippen MR) is 167 cm³/mol. The van der Waals surface area contributed by atoms with Gasteiger partial charge in [0.15, 0.2) is 16.8 Å². The monoisotopic (exact) mass is 649 g/mol. The molecule has 0 amide bonds. The molecule has 45 heavy (non-hydrogen) atoms. The Labute approximate surface area is 265 Å². The van der Waals surface area contributed by atoms with Gasteiger partial charge < -0.3 is 14.0 Å². The number of hydrogen-bond donors (Lipinski definition) is 1. The molecule has 0 bridgehead atoms. The highest BCUT2D eigenvalue weighted by Gasteiger charge is 2.30. The topological polar surface area (TPSA) is 104 Å². The minimum absolute atomic E-state index is 0.0406. The lowest BCUT2D eigenvalue weighted by Crippen LogP contribution is -2.08. The van der Waals surface area contributed by atoms with Gasteiger partial charge in [-0.2, -0.15) is 5.10 Å². The highest BCUT2D eigenvalue weighted by molar-refractivity contribution is 7.79. The van der Waals surface area contributed by atoms with E-state index in [9.17, 15) is 13.6 Å². The van der Waals surface area contributed by atoms with Gasteiger partial charge in [0.2, 0.25) is 5.13 Å². The summed E-state index contributed by atoms with van der Waals surface area (Å²) in [5.41, 5.74) is 4.07. The number of benzene rings is 3. The van der Waals surface area contributed by atoms with Crippen molar-refractivity contribution in [3.63, 3.8) is 0 Å². The maximum atomic E-state index is 15.3. The smallest absolute Gasteiger partial charge is 0.357 e. The standard InChI is InChI=1S/C33H29F2N3O5S2/c1-3-43-32(39)29-18-44-33(36-29)38-30(13-19-7-8-19)26(15-21-9-11-24(45(40)41)17-28(21)35)31(37-38)22-10-12-27(34)25(16-22)20-5-4-6-23(14-20)42-2/h4-6,9-12,14,16-19H,3,7-8,13,15H2,1-2H3,(H,40,41). The van der Waals surface area contributed by atoms with E-state index in [-0.39, 0.29) is 23.6 Å². The number of aromatic nitrogens is 3. The molecule has 1 N–H and O–H groups in total. The van der Waals surface area contributed by atoms with Crippen molar-refractivity contribution < 1.29 is 31.8 Å². The van der Waals surface area contributed by atoms with Gasteiger partial charge in [0.05, 0.1) is 30.0 Å². The Hall–Kier alpha value is -4.26. The molecule has 232 valence electrons. The Morgan fingerprint density at radius 3 is 2.62 bits per heavy atom. The number of hydrogen-bond acceptors (Lipinski definition) is 7. The number of thiazole rings is 1. The summed E-state index contributed by atoms with van der Waals surface area (Å²) in [5, 5.41) is 7.03. The molecule has 0 spiro atoms. The van der Waals surface area contributed by atoms with E-state index >= 15 is 8.78 Å². The molecule has 8 nitrogen and oxygen atoms in total. The molecule has 0 radical (unpaired) electrons. The van der Waals surface area contributed by atoms with Gasteiger partial charge in [-0.05, 0) is 85.7 Å². The lowest BCUT2D eigenvalue weighted by molar-refractivity contribution is 0.0520. The summed E-state index contributed by atoms with van der Waals surface area (Å²) in [6.07, 6.45) is 2.83. The predicted octanol–water partition coefficient (Wildman–Crippen LogP) is 7.25. The van der Waals surface area contributed by atoms with Crippen LogP contribution in [0.4, 0.5) is 8.78 Å². The Bertz CT molecular complexity index is 1920. The second-order valence-corrected chi connectivity index (χ2v) is 12.5. The van der Waals surface area contributed by atoms with Crippen molar-refractivity contribution in [3.05, 3.63) is 100 Å². The van der Waals surface area contributed by atoms with Gasteiger partial charge in [-0.15, -0.1) is 11.3 Å². The Morgan fingerprint density at radius 1 is 1.09 bits per heavy atom. The first kappa shape index (κ1) is 30.8. The molecule has 1 fully saturated rings. The number of methoxy groups -OCH3 is 1. The van der Waals surface area contributed by atoms with E-state index in [4.69, 9.17) is 14.6 Å². The molecule has 12 heteroatoms. The SMILES string of the molecule is CCOC(=O)c1csc(-n2nc(-c3ccc(F)c(-c4cccc(OC)c4)c3)c(Cc3ccc(S(=O)O)cc3F)c2CC2CC2)n1. The summed E-state index contributed by atoms with van der Waals surface area (Å²) < 4.78 is 63.8. The van der Waals surface area contributed by atoms with Gasteiger partial charge in [-0.1, -0.05) is 18.2 Å². The van der Waals surface area contributed by atoms with Crippen LogP contribution in [-0.2, 0) is 28.7 Å². The van der Waals surface area contributed by atoms with Crippen LogP contribution in [0, 0.1) is 17.6 Å². The van der Waals surface area contributed by atoms with Crippen LogP contribution in [0.2, 0.25) is 0 Å². The number of carbonyl (C=O) groups is 1. The summed E-state index contributed by atoms with van der Waals surface area (Å²) in [6, 6.07) is 15.8. The van der Waals surface area contributed by atoms with E-state index in [2.05, 4.69) is 4.98 Å². The molecule has 2 heterocycles. The number of ether oxygens (including phenoxy) is 2. The Balaban J connectivity index is 1.53. The van der Waals surface area contributed by atoms with Crippen LogP contribution in [-0.4, -0.2) is 43.2 Å². The van der Waals surface area contributed by atoms with E-state index in [1.807, 2.05) is 0 Å². The third kappa shape index (κ3) is 6.58. The summed E-state index contributed by atoms with van der Waals surface area (Å²) in [6.45, 7) is 1.93. The first-order valence-corrected chi connectivity index (χ1v) is 16.3. The van der Waals surface area contributed by atoms with Crippen molar-refractivity contribution in [3.8, 4) is 33.3 Å². The number of esters is 1. The molecule has 1 aliphatic rings. The lowest BCUT2D eigenvalue weighted by Gasteiger charge is -2.11. The molecule has 2 aromatic heterocycles. The minimum atomic E-state index is -2.33. The molecule has 1 atom stereocenters. The van der Waals surface area contributed by atoms with Crippen molar-refractivity contribution in [1.82, 2.24) is 14.8 Å². The zero-order valence-electron chi connectivity index (χ0n) is 24.5. The molecule has 1 aliphatic carbocycles. The quantitative estimate of drug-likeness (QED) is 0.119. The highest BCUT2D eigenvalue weighted by Crippen LogP contribution is 2.39. The van der Waals surface area contributed by atoms with Crippen molar-refractivity contribution in [2.45, 2.75) is 37.5 Å². The summed E-state index contributed by atoms with van der Waals surface area (Å²) >= 11 is -1.09. The summed E-state index contributed by atoms with van der Waals surface area (Å²) in [7, 11) is 1.54. The fourth-order valence-electron chi connectivity index (χ4n) is 5.18. The van der Waals surface area contributed by atoms with Gasteiger partial charge in [0, 0.05) is 28.5 Å². The first-order chi connectivity index (χ1) is 21.7. The van der Waals surface area contributed by atoms with Crippen LogP contribution in [0.3, 0.4) is 0 Å². The molecule has 0 saturated heterocycles. The number of halogens is 2. The molecular formula is C33H29F2N3O5S2. The number of rotatable bonds is 11. The van der Waals surface area contributed by atoms with Crippen molar-refractivity contribution in [2.75, 3.05) is 13.7 Å². The van der Waals surface area contributed by atoms with Crippen molar-refractivity contribution >= 4 is 28.4 Å². The van der Waals surface area contributed by atoms with Crippen LogP contribution in [0.1, 0.15) is 47.1 Å². The van der Waals surface area contributed by atoms with Crippen LogP contribution in [0.25, 0.3) is 27.5 Å². The van der Waals surface area contributed by atoms with Gasteiger partial charge in [0.1, 0.15) is 17.4 Å². The molecule has 1 unspecified atom stereocenters. The highest BCUT2D eigenvalue weighted by atomic mass is 32.2. The minimum Gasteiger partial charge on any atom is -0.497 e. The lowest BCUT2D eigenvalue weighted by atomic mass is 9.94. The largest absolute Gasteiger partial charge is 0.497 e. The van der Waals surface area contributed by atoms with Crippen LogP contribution >= 0.6 is 11.3 Å². The van der Waals surface area contributed by atoms with Gasteiger partial charge in [-0.3, -0.25) is 0 Å². The molecule has 6 rings (SSSR count). The van der Waals surface area contributed by atoms with Crippen LogP contribution < -0.4 is 4.74 Å². The van der Waals surface area contributed by atoms with Crippen molar-refractivity contribution in [2.24, 2.45) is 5.92 Å². The maximum Gasteiger partial charge on any atom is 0.357 e. The third-order valence-corrected chi connectivity index (χ3v) is 9.11. The Morgan fingerprint density at radius 2 is 1.91 bits per heavy atom. The third-order valence-electron chi connectivity index (χ3n) is 7.64. The summed E-state index contributed by atoms with van der Waals surface area (Å²) in [5.74, 6) is -0.606. The van der Waals surface area contributed by atoms with E-state index in [0.29, 0.717) is 51.2 Å². The number of carbonyl (C=O) groups excluding carboxylic acids is 1. The van der Waals surface area contributed by atoms with Gasteiger partial charge >= 0.3 is 5.97 Å². The fourth-order valence-corrected chi connectivity index (χ4v) is 6.34. The maximum absolute atomic E-state index is 15.3. The van der Waals surface area contributed by atoms with E-state index < -0.39 is 28.7 Å². The van der Waals surface area contributed by atoms with Gasteiger partial charge in [-0.25, -0.2) is 27.5 Å². The second kappa shape index (κ2) is 13.0. The fraction of sp³-hybridized carbons (Fsp3) is 0.242. The molecular weight excluding hydrogens is 621 g/mol. The normalized spacial score (nSPS) is 13.5. The average Bonchev–Trinajstić information content (AvgIpc) is 3.60. The molecule has 0 aliphatic heterocycles. The average molecular weight is 650 g/mol. The number of nitrogens with zero attached hydrogens (tertiary/aromatic N) is 3. The van der Waals surface area contributed by atoms with E-state index in [0.717, 1.165) is 30.2 Å². The zero-order valence-corrected chi connectivity index (χ0v) is 26.1. The zero-order chi connectivity index (χ0) is 31.7. The van der Waals surface area contributed by atoms with E-state index in [1.54, 1.807) is 60.5 Å². The Kier molecular flexibility index (Phi) is 8.88. The van der Waals surface area contributed by atoms with Crippen LogP contribution in [0.5, 0.6) is 5.75 Å². The molecule has 1 saturated carbocycles. The van der Waals surface area contributed by atoms with Crippen LogP contribution in [0.15, 0.2) is 70.9 Å². The molecule has 3 aromatic carbocycles. The van der Waals surface area contributed by atoms with Gasteiger partial charge in [0.25, 0.3) is 0 Å². The second-order valence-electron chi connectivity index (χ2n) is 10.7. The summed E-state index contributed by atoms with van der Waals surface area (Å²) in [4.78, 5) is 16.9. The van der Waals surface area contributed by atoms with E-state index in [1.165, 1.54) is 29.5 Å². The first-order valence-electron chi connectivity index (χ1n) is 14.3.